The number of likely N-dealkylation sites (N-methyl/N-ethyl adjacent to an activating group) is 1. The molecule has 1 amide bonds. The maximum Gasteiger partial charge on any atom is 0.225 e. The number of anilines is 1. The number of nitrogens with zero attached hydrogens (tertiary/aromatic N) is 4. The summed E-state index contributed by atoms with van der Waals surface area (Å²) in [5.41, 5.74) is 0. The summed E-state index contributed by atoms with van der Waals surface area (Å²) in [4.78, 5) is 16.8. The van der Waals surface area contributed by atoms with Crippen molar-refractivity contribution in [2.75, 3.05) is 25.0 Å². The molecule has 1 aliphatic heterocycles. The van der Waals surface area contributed by atoms with Gasteiger partial charge in [-0.1, -0.05) is 0 Å². The lowest BCUT2D eigenvalue weighted by atomic mass is 9.86. The van der Waals surface area contributed by atoms with E-state index in [0.29, 0.717) is 6.04 Å². The van der Waals surface area contributed by atoms with E-state index in [2.05, 4.69) is 15.1 Å². The molecular formula is C17H26N4O2. The van der Waals surface area contributed by atoms with E-state index in [0.717, 1.165) is 57.4 Å². The topological polar surface area (TPSA) is 69.6 Å². The van der Waals surface area contributed by atoms with Crippen molar-refractivity contribution < 1.29 is 9.90 Å². The fraction of sp³-hybridized carbons (Fsp3) is 0.706. The lowest BCUT2D eigenvalue weighted by molar-refractivity contribution is -0.136. The van der Waals surface area contributed by atoms with Crippen molar-refractivity contribution >= 4 is 11.7 Å². The predicted octanol–water partition coefficient (Wildman–Crippen LogP) is 1.45. The van der Waals surface area contributed by atoms with Gasteiger partial charge in [0.25, 0.3) is 0 Å². The van der Waals surface area contributed by atoms with Gasteiger partial charge in [0.1, 0.15) is 0 Å². The van der Waals surface area contributed by atoms with Gasteiger partial charge in [-0.15, -0.1) is 5.10 Å². The lowest BCUT2D eigenvalue weighted by Gasteiger charge is -2.32. The Morgan fingerprint density at radius 2 is 2.13 bits per heavy atom. The molecule has 3 rings (SSSR count). The van der Waals surface area contributed by atoms with Gasteiger partial charge >= 0.3 is 0 Å². The van der Waals surface area contributed by atoms with Gasteiger partial charge in [-0.25, -0.2) is 0 Å². The Morgan fingerprint density at radius 1 is 1.35 bits per heavy atom. The van der Waals surface area contributed by atoms with Crippen molar-refractivity contribution in [2.24, 2.45) is 5.92 Å². The Kier molecular flexibility index (Phi) is 5.10. The number of rotatable bonds is 4. The molecule has 1 aliphatic carbocycles. The van der Waals surface area contributed by atoms with E-state index in [1.807, 2.05) is 24.1 Å². The molecule has 1 saturated carbocycles. The number of aromatic nitrogens is 2. The molecular weight excluding hydrogens is 292 g/mol. The van der Waals surface area contributed by atoms with Crippen LogP contribution in [-0.4, -0.2) is 58.4 Å². The van der Waals surface area contributed by atoms with Gasteiger partial charge in [0.05, 0.1) is 6.10 Å². The number of aliphatic hydroxyl groups is 1. The SMILES string of the molecule is CN(C[C@H]1CCCN1c1cccnn1)C(=O)C1CCC(O)CC1. The van der Waals surface area contributed by atoms with Crippen molar-refractivity contribution in [2.45, 2.75) is 50.7 Å². The molecule has 2 aliphatic rings. The van der Waals surface area contributed by atoms with E-state index < -0.39 is 0 Å². The average molecular weight is 318 g/mol. The van der Waals surface area contributed by atoms with Gasteiger partial charge in [0.2, 0.25) is 5.91 Å². The van der Waals surface area contributed by atoms with Gasteiger partial charge in [0, 0.05) is 38.3 Å². The van der Waals surface area contributed by atoms with Crippen LogP contribution >= 0.6 is 0 Å². The van der Waals surface area contributed by atoms with Gasteiger partial charge in [-0.2, -0.15) is 5.10 Å². The molecule has 126 valence electrons. The van der Waals surface area contributed by atoms with E-state index in [1.54, 1.807) is 6.20 Å². The van der Waals surface area contributed by atoms with Gasteiger partial charge in [-0.3, -0.25) is 4.79 Å². The molecule has 0 spiro atoms. The zero-order valence-electron chi connectivity index (χ0n) is 13.8. The first kappa shape index (κ1) is 16.2. The summed E-state index contributed by atoms with van der Waals surface area (Å²) in [5, 5.41) is 17.8. The van der Waals surface area contributed by atoms with Crippen molar-refractivity contribution in [3.8, 4) is 0 Å². The highest BCUT2D eigenvalue weighted by molar-refractivity contribution is 5.78. The van der Waals surface area contributed by atoms with E-state index in [-0.39, 0.29) is 17.9 Å². The Bertz CT molecular complexity index is 517. The molecule has 1 aromatic heterocycles. The second-order valence-corrected chi connectivity index (χ2v) is 6.80. The highest BCUT2D eigenvalue weighted by Gasteiger charge is 2.31. The molecule has 6 heteroatoms. The highest BCUT2D eigenvalue weighted by atomic mass is 16.3. The smallest absolute Gasteiger partial charge is 0.225 e. The van der Waals surface area contributed by atoms with Crippen LogP contribution in [0.2, 0.25) is 0 Å². The Morgan fingerprint density at radius 3 is 2.83 bits per heavy atom. The van der Waals surface area contributed by atoms with Crippen LogP contribution in [-0.2, 0) is 4.79 Å². The van der Waals surface area contributed by atoms with Crippen molar-refractivity contribution in [3.05, 3.63) is 18.3 Å². The molecule has 0 unspecified atom stereocenters. The molecule has 1 atom stereocenters. The third-order valence-corrected chi connectivity index (χ3v) is 5.14. The molecule has 0 aromatic carbocycles. The van der Waals surface area contributed by atoms with Crippen LogP contribution in [0.3, 0.4) is 0 Å². The summed E-state index contributed by atoms with van der Waals surface area (Å²) in [6.45, 7) is 1.70. The maximum atomic E-state index is 12.6. The zero-order chi connectivity index (χ0) is 16.2. The minimum atomic E-state index is -0.216. The molecule has 23 heavy (non-hydrogen) atoms. The highest BCUT2D eigenvalue weighted by Crippen LogP contribution is 2.27. The Hall–Kier alpha value is -1.69. The van der Waals surface area contributed by atoms with Crippen LogP contribution < -0.4 is 4.90 Å². The molecule has 0 radical (unpaired) electrons. The zero-order valence-corrected chi connectivity index (χ0v) is 13.8. The van der Waals surface area contributed by atoms with Gasteiger partial charge in [0.15, 0.2) is 5.82 Å². The summed E-state index contributed by atoms with van der Waals surface area (Å²) >= 11 is 0. The number of carbonyl (C=O) groups is 1. The van der Waals surface area contributed by atoms with Crippen LogP contribution in [0, 0.1) is 5.92 Å². The van der Waals surface area contributed by atoms with Crippen LogP contribution in [0.4, 0.5) is 5.82 Å². The summed E-state index contributed by atoms with van der Waals surface area (Å²) in [6, 6.07) is 4.20. The fourth-order valence-electron chi connectivity index (χ4n) is 3.81. The monoisotopic (exact) mass is 318 g/mol. The first-order chi connectivity index (χ1) is 11.1. The third kappa shape index (κ3) is 3.80. The maximum absolute atomic E-state index is 12.6. The van der Waals surface area contributed by atoms with E-state index >= 15 is 0 Å². The first-order valence-corrected chi connectivity index (χ1v) is 8.62. The van der Waals surface area contributed by atoms with Crippen LogP contribution in [0.1, 0.15) is 38.5 Å². The standard InChI is InChI=1S/C17H26N4O2/c1-20(17(23)13-6-8-15(22)9-7-13)12-14-4-3-11-21(14)16-5-2-10-18-19-16/h2,5,10,13-15,22H,3-4,6-9,11-12H2,1H3/t13?,14-,15?/m1/s1. The molecule has 1 N–H and O–H groups in total. The molecule has 6 nitrogen and oxygen atoms in total. The summed E-state index contributed by atoms with van der Waals surface area (Å²) < 4.78 is 0. The lowest BCUT2D eigenvalue weighted by Crippen LogP contribution is -2.44. The van der Waals surface area contributed by atoms with E-state index in [4.69, 9.17) is 0 Å². The quantitative estimate of drug-likeness (QED) is 0.910. The normalized spacial score (nSPS) is 27.9. The Balaban J connectivity index is 1.58. The number of amides is 1. The number of hydrogen-bond donors (Lipinski definition) is 1. The molecule has 2 fully saturated rings. The number of carbonyl (C=O) groups excluding carboxylic acids is 1. The number of hydrogen-bond acceptors (Lipinski definition) is 5. The predicted molar refractivity (Wildman–Crippen MR) is 88.0 cm³/mol. The van der Waals surface area contributed by atoms with Crippen molar-refractivity contribution in [1.29, 1.82) is 0 Å². The van der Waals surface area contributed by atoms with Crippen molar-refractivity contribution in [1.82, 2.24) is 15.1 Å². The minimum Gasteiger partial charge on any atom is -0.393 e. The first-order valence-electron chi connectivity index (χ1n) is 8.62. The minimum absolute atomic E-state index is 0.0785. The third-order valence-electron chi connectivity index (χ3n) is 5.14. The molecule has 0 bridgehead atoms. The number of aliphatic hydroxyl groups excluding tert-OH is 1. The van der Waals surface area contributed by atoms with Gasteiger partial charge in [-0.05, 0) is 50.7 Å². The molecule has 2 heterocycles. The summed E-state index contributed by atoms with van der Waals surface area (Å²) in [5.74, 6) is 1.20. The fourth-order valence-corrected chi connectivity index (χ4v) is 3.81. The van der Waals surface area contributed by atoms with Crippen LogP contribution in [0.25, 0.3) is 0 Å². The van der Waals surface area contributed by atoms with E-state index in [1.165, 1.54) is 0 Å². The largest absolute Gasteiger partial charge is 0.393 e. The Labute approximate surface area is 137 Å². The van der Waals surface area contributed by atoms with E-state index in [9.17, 15) is 9.90 Å². The van der Waals surface area contributed by atoms with Crippen LogP contribution in [0.15, 0.2) is 18.3 Å². The second kappa shape index (κ2) is 7.25. The van der Waals surface area contributed by atoms with Crippen LogP contribution in [0.5, 0.6) is 0 Å². The molecule has 1 aromatic rings. The van der Waals surface area contributed by atoms with Gasteiger partial charge < -0.3 is 14.9 Å². The average Bonchev–Trinajstić information content (AvgIpc) is 3.04. The second-order valence-electron chi connectivity index (χ2n) is 6.80. The molecule has 1 saturated heterocycles. The summed E-state index contributed by atoms with van der Waals surface area (Å²) in [7, 11) is 1.90. The summed E-state index contributed by atoms with van der Waals surface area (Å²) in [6.07, 6.45) is 6.79. The van der Waals surface area contributed by atoms with Crippen molar-refractivity contribution in [3.63, 3.8) is 0 Å².